The Hall–Kier alpha value is -2.05. The first kappa shape index (κ1) is 17.8. The van der Waals surface area contributed by atoms with Crippen LogP contribution in [-0.4, -0.2) is 22.6 Å². The van der Waals surface area contributed by atoms with Crippen LogP contribution < -0.4 is 4.90 Å². The van der Waals surface area contributed by atoms with Gasteiger partial charge in [-0.05, 0) is 24.3 Å². The van der Waals surface area contributed by atoms with Gasteiger partial charge in [0, 0.05) is 17.0 Å². The standard InChI is InChI=1S/C19H21N3OS2/c1-13(2)12-22(17(23)11-16-5-4-10-24-16)19-21-20-18(25-19)15-8-6-14(3)7-9-15/h4-10,13H,11-12H2,1-3H3. The van der Waals surface area contributed by atoms with Crippen LogP contribution in [0.5, 0.6) is 0 Å². The molecule has 0 N–H and O–H groups in total. The zero-order valence-electron chi connectivity index (χ0n) is 14.6. The van der Waals surface area contributed by atoms with Crippen molar-refractivity contribution in [3.63, 3.8) is 0 Å². The molecule has 130 valence electrons. The first-order chi connectivity index (χ1) is 12.0. The summed E-state index contributed by atoms with van der Waals surface area (Å²) in [4.78, 5) is 15.7. The van der Waals surface area contributed by atoms with E-state index in [-0.39, 0.29) is 5.91 Å². The molecule has 0 saturated heterocycles. The fraction of sp³-hybridized carbons (Fsp3) is 0.316. The van der Waals surface area contributed by atoms with E-state index in [0.717, 1.165) is 15.4 Å². The van der Waals surface area contributed by atoms with Gasteiger partial charge in [0.25, 0.3) is 0 Å². The molecule has 0 aliphatic carbocycles. The molecule has 2 heterocycles. The van der Waals surface area contributed by atoms with E-state index in [1.165, 1.54) is 16.9 Å². The average molecular weight is 372 g/mol. The van der Waals surface area contributed by atoms with Crippen LogP contribution in [-0.2, 0) is 11.2 Å². The van der Waals surface area contributed by atoms with Gasteiger partial charge in [-0.25, -0.2) is 0 Å². The number of amides is 1. The van der Waals surface area contributed by atoms with Crippen LogP contribution >= 0.6 is 22.7 Å². The molecule has 2 aromatic heterocycles. The highest BCUT2D eigenvalue weighted by Crippen LogP contribution is 2.30. The van der Waals surface area contributed by atoms with Gasteiger partial charge >= 0.3 is 0 Å². The summed E-state index contributed by atoms with van der Waals surface area (Å²) < 4.78 is 0. The maximum Gasteiger partial charge on any atom is 0.234 e. The Morgan fingerprint density at radius 3 is 2.56 bits per heavy atom. The second kappa shape index (κ2) is 7.89. The first-order valence-electron chi connectivity index (χ1n) is 8.26. The maximum atomic E-state index is 12.8. The van der Waals surface area contributed by atoms with Gasteiger partial charge in [-0.2, -0.15) is 0 Å². The van der Waals surface area contributed by atoms with Crippen molar-refractivity contribution in [2.24, 2.45) is 5.92 Å². The lowest BCUT2D eigenvalue weighted by Gasteiger charge is -2.21. The number of anilines is 1. The Bertz CT molecular complexity index is 823. The van der Waals surface area contributed by atoms with Crippen LogP contribution in [0.3, 0.4) is 0 Å². The summed E-state index contributed by atoms with van der Waals surface area (Å²) in [7, 11) is 0. The lowest BCUT2D eigenvalue weighted by atomic mass is 10.2. The normalized spacial score (nSPS) is 11.0. The Balaban J connectivity index is 1.83. The van der Waals surface area contributed by atoms with Crippen LogP contribution in [0.25, 0.3) is 10.6 Å². The van der Waals surface area contributed by atoms with E-state index in [1.54, 1.807) is 16.2 Å². The van der Waals surface area contributed by atoms with Gasteiger partial charge in [-0.3, -0.25) is 9.69 Å². The number of nitrogens with zero attached hydrogens (tertiary/aromatic N) is 3. The number of aromatic nitrogens is 2. The minimum atomic E-state index is 0.0720. The highest BCUT2D eigenvalue weighted by Gasteiger charge is 2.22. The molecule has 1 aromatic carbocycles. The molecule has 0 bridgehead atoms. The van der Waals surface area contributed by atoms with Gasteiger partial charge in [0.2, 0.25) is 11.0 Å². The zero-order chi connectivity index (χ0) is 17.8. The molecule has 0 fully saturated rings. The van der Waals surface area contributed by atoms with Crippen molar-refractivity contribution in [2.75, 3.05) is 11.4 Å². The lowest BCUT2D eigenvalue weighted by Crippen LogP contribution is -2.35. The third-order valence-electron chi connectivity index (χ3n) is 3.70. The maximum absolute atomic E-state index is 12.8. The van der Waals surface area contributed by atoms with Gasteiger partial charge in [-0.15, -0.1) is 21.5 Å². The highest BCUT2D eigenvalue weighted by atomic mass is 32.1. The van der Waals surface area contributed by atoms with Crippen molar-refractivity contribution in [1.29, 1.82) is 0 Å². The van der Waals surface area contributed by atoms with Crippen molar-refractivity contribution in [3.8, 4) is 10.6 Å². The molecule has 6 heteroatoms. The van der Waals surface area contributed by atoms with Gasteiger partial charge in [-0.1, -0.05) is 61.1 Å². The van der Waals surface area contributed by atoms with E-state index in [1.807, 2.05) is 29.6 Å². The summed E-state index contributed by atoms with van der Waals surface area (Å²) in [5.41, 5.74) is 2.24. The van der Waals surface area contributed by atoms with Crippen molar-refractivity contribution in [2.45, 2.75) is 27.2 Å². The monoisotopic (exact) mass is 371 g/mol. The molecular formula is C19H21N3OS2. The molecule has 4 nitrogen and oxygen atoms in total. The van der Waals surface area contributed by atoms with Crippen LogP contribution in [0.1, 0.15) is 24.3 Å². The minimum absolute atomic E-state index is 0.0720. The van der Waals surface area contributed by atoms with Gasteiger partial charge in [0.15, 0.2) is 0 Å². The van der Waals surface area contributed by atoms with Crippen LogP contribution in [0, 0.1) is 12.8 Å². The number of carbonyl (C=O) groups is 1. The number of thiophene rings is 1. The van der Waals surface area contributed by atoms with Gasteiger partial charge < -0.3 is 0 Å². The molecule has 1 amide bonds. The SMILES string of the molecule is Cc1ccc(-c2nnc(N(CC(C)C)C(=O)Cc3cccs3)s2)cc1. The third-order valence-corrected chi connectivity index (χ3v) is 5.57. The van der Waals surface area contributed by atoms with Crippen molar-refractivity contribution < 1.29 is 4.79 Å². The Morgan fingerprint density at radius 1 is 1.16 bits per heavy atom. The van der Waals surface area contributed by atoms with Crippen molar-refractivity contribution in [1.82, 2.24) is 10.2 Å². The Morgan fingerprint density at radius 2 is 1.92 bits per heavy atom. The summed E-state index contributed by atoms with van der Waals surface area (Å²) in [6, 6.07) is 12.2. The summed E-state index contributed by atoms with van der Waals surface area (Å²) in [6.07, 6.45) is 0.407. The fourth-order valence-electron chi connectivity index (χ4n) is 2.45. The molecule has 0 unspecified atom stereocenters. The second-order valence-electron chi connectivity index (χ2n) is 6.41. The summed E-state index contributed by atoms with van der Waals surface area (Å²) in [5.74, 6) is 0.432. The number of aryl methyl sites for hydroxylation is 1. The van der Waals surface area contributed by atoms with E-state index in [9.17, 15) is 4.79 Å². The van der Waals surface area contributed by atoms with Crippen molar-refractivity contribution in [3.05, 3.63) is 52.2 Å². The van der Waals surface area contributed by atoms with E-state index in [4.69, 9.17) is 0 Å². The molecule has 3 aromatic rings. The molecule has 25 heavy (non-hydrogen) atoms. The highest BCUT2D eigenvalue weighted by molar-refractivity contribution is 7.18. The van der Waals surface area contributed by atoms with E-state index in [2.05, 4.69) is 43.1 Å². The molecule has 0 aliphatic heterocycles. The van der Waals surface area contributed by atoms with Crippen LogP contribution in [0.4, 0.5) is 5.13 Å². The second-order valence-corrected chi connectivity index (χ2v) is 8.40. The lowest BCUT2D eigenvalue weighted by molar-refractivity contribution is -0.118. The van der Waals surface area contributed by atoms with Crippen LogP contribution in [0.2, 0.25) is 0 Å². The largest absolute Gasteiger partial charge is 0.286 e. The first-order valence-corrected chi connectivity index (χ1v) is 9.96. The topological polar surface area (TPSA) is 46.1 Å². The molecule has 0 saturated carbocycles. The smallest absolute Gasteiger partial charge is 0.234 e. The number of rotatable bonds is 6. The summed E-state index contributed by atoms with van der Waals surface area (Å²) >= 11 is 3.08. The van der Waals surface area contributed by atoms with Crippen molar-refractivity contribution >= 4 is 33.7 Å². The zero-order valence-corrected chi connectivity index (χ0v) is 16.2. The number of carbonyl (C=O) groups excluding carboxylic acids is 1. The predicted octanol–water partition coefficient (Wildman–Crippen LogP) is 4.81. The van der Waals surface area contributed by atoms with Gasteiger partial charge in [0.05, 0.1) is 6.42 Å². The van der Waals surface area contributed by atoms with E-state index >= 15 is 0 Å². The quantitative estimate of drug-likeness (QED) is 0.625. The van der Waals surface area contributed by atoms with E-state index < -0.39 is 0 Å². The van der Waals surface area contributed by atoms with Crippen LogP contribution in [0.15, 0.2) is 41.8 Å². The number of benzene rings is 1. The molecule has 0 atom stereocenters. The van der Waals surface area contributed by atoms with E-state index in [0.29, 0.717) is 24.0 Å². The molecular weight excluding hydrogens is 350 g/mol. The third kappa shape index (κ3) is 4.52. The summed E-state index contributed by atoms with van der Waals surface area (Å²) in [6.45, 7) is 6.91. The minimum Gasteiger partial charge on any atom is -0.286 e. The molecule has 3 rings (SSSR count). The van der Waals surface area contributed by atoms with Gasteiger partial charge in [0.1, 0.15) is 5.01 Å². The predicted molar refractivity (Wildman–Crippen MR) is 105 cm³/mol. The number of hydrogen-bond acceptors (Lipinski definition) is 5. The average Bonchev–Trinajstić information content (AvgIpc) is 3.25. The summed E-state index contributed by atoms with van der Waals surface area (Å²) in [5, 5.41) is 12.1. The molecule has 0 radical (unpaired) electrons. The Kier molecular flexibility index (Phi) is 5.60. The molecule has 0 spiro atoms. The number of hydrogen-bond donors (Lipinski definition) is 0. The molecule has 0 aliphatic rings. The Labute approximate surface area is 156 Å². The fourth-order valence-corrected chi connectivity index (χ4v) is 4.02.